The second kappa shape index (κ2) is 14.8. The van der Waals surface area contributed by atoms with E-state index in [9.17, 15) is 0 Å². The molecule has 2 heterocycles. The Morgan fingerprint density at radius 3 is 1.72 bits per heavy atom. The van der Waals surface area contributed by atoms with Crippen LogP contribution >= 0.6 is 9.24 Å². The fraction of sp³-hybridized carbons (Fsp3) is 0.0164. The molecule has 4 heteroatoms. The van der Waals surface area contributed by atoms with E-state index < -0.39 is 5.41 Å². The van der Waals surface area contributed by atoms with Crippen LogP contribution in [0.15, 0.2) is 237 Å². The Morgan fingerprint density at radius 2 is 0.954 bits per heavy atom. The average Bonchev–Trinajstić information content (AvgIpc) is 3.85. The predicted molar refractivity (Wildman–Crippen MR) is 273 cm³/mol. The van der Waals surface area contributed by atoms with Crippen molar-refractivity contribution in [2.75, 3.05) is 4.90 Å². The fourth-order valence-corrected chi connectivity index (χ4v) is 11.0. The van der Waals surface area contributed by atoms with E-state index in [2.05, 4.69) is 255 Å². The molecule has 10 aromatic carbocycles. The lowest BCUT2D eigenvalue weighted by Crippen LogP contribution is -2.32. The molecule has 2 aliphatic rings. The van der Waals surface area contributed by atoms with Crippen molar-refractivity contribution >= 4 is 53.4 Å². The Hall–Kier alpha value is -7.97. The van der Waals surface area contributed by atoms with Gasteiger partial charge in [-0.2, -0.15) is 0 Å². The molecule has 3 nitrogen and oxygen atoms in total. The fourth-order valence-electron chi connectivity index (χ4n) is 10.8. The summed E-state index contributed by atoms with van der Waals surface area (Å²) in [6, 6.07) is 86.2. The van der Waals surface area contributed by atoms with E-state index in [0.29, 0.717) is 0 Å². The molecule has 0 bridgehead atoms. The molecule has 2 atom stereocenters. The normalized spacial score (nSPS) is 14.4. The molecule has 0 amide bonds. The van der Waals surface area contributed by atoms with Gasteiger partial charge in [0.2, 0.25) is 0 Å². The van der Waals surface area contributed by atoms with E-state index in [4.69, 9.17) is 4.74 Å². The van der Waals surface area contributed by atoms with Crippen LogP contribution in [-0.4, -0.2) is 4.57 Å². The summed E-state index contributed by atoms with van der Waals surface area (Å²) in [5.41, 5.74) is 17.9. The van der Waals surface area contributed by atoms with Gasteiger partial charge in [-0.3, -0.25) is 0 Å². The van der Waals surface area contributed by atoms with Crippen molar-refractivity contribution in [1.29, 1.82) is 0 Å². The first kappa shape index (κ1) is 37.6. The first-order valence-corrected chi connectivity index (χ1v) is 22.8. The van der Waals surface area contributed by atoms with Gasteiger partial charge in [0.15, 0.2) is 0 Å². The van der Waals surface area contributed by atoms with Crippen molar-refractivity contribution in [3.8, 4) is 50.6 Å². The number of aromatic nitrogens is 1. The number of hydrogen-bond acceptors (Lipinski definition) is 2. The van der Waals surface area contributed by atoms with Gasteiger partial charge in [0, 0.05) is 44.6 Å². The van der Waals surface area contributed by atoms with Gasteiger partial charge in [0.1, 0.15) is 11.5 Å². The van der Waals surface area contributed by atoms with Crippen LogP contribution in [0.3, 0.4) is 0 Å². The molecule has 2 unspecified atom stereocenters. The molecule has 306 valence electrons. The third-order valence-corrected chi connectivity index (χ3v) is 14.0. The molecule has 0 radical (unpaired) electrons. The highest BCUT2D eigenvalue weighted by molar-refractivity contribution is 7.27. The van der Waals surface area contributed by atoms with Gasteiger partial charge in [0.05, 0.1) is 16.4 Å². The number of ether oxygens (including phenoxy) is 1. The standard InChI is InChI=1S/C61H41N2OP/c65-46-32-28-43(29-33-46)63-57-26-14-11-23-49(57)52-36-44(31-35-58(52)63)62(42-20-8-3-9-21-42)45-30-34-48-47-22-10-12-24-53(47)61(55(48)37-45)54-25-13-15-27-59(54)64-60-39-51(41-18-6-2-7-19-41)50(38-56(60)61)40-16-4-1-5-17-40/h1-39H,65H2. The highest BCUT2D eigenvalue weighted by Gasteiger charge is 2.51. The quantitative estimate of drug-likeness (QED) is 0.155. The zero-order chi connectivity index (χ0) is 43.1. The number of rotatable bonds is 6. The van der Waals surface area contributed by atoms with E-state index in [1.807, 2.05) is 0 Å². The lowest BCUT2D eigenvalue weighted by Gasteiger charge is -2.40. The minimum absolute atomic E-state index is 0.683. The van der Waals surface area contributed by atoms with Crippen LogP contribution in [-0.2, 0) is 5.41 Å². The SMILES string of the molecule is Pc1ccc(-n2c3ccccc3c3cc(N(c4ccccc4)c4ccc5c(c4)C4(c6ccccc6Oc6cc(-c7ccccc7)c(-c7ccccc7)cc64)c4ccccc4-5)ccc32)cc1. The summed E-state index contributed by atoms with van der Waals surface area (Å²) in [7, 11) is 2.81. The Bertz CT molecular complexity index is 3640. The third-order valence-electron chi connectivity index (χ3n) is 13.6. The van der Waals surface area contributed by atoms with Crippen LogP contribution in [0.4, 0.5) is 17.1 Å². The first-order valence-electron chi connectivity index (χ1n) is 22.2. The third kappa shape index (κ3) is 5.72. The molecule has 1 spiro atoms. The van der Waals surface area contributed by atoms with Gasteiger partial charge in [-0.25, -0.2) is 0 Å². The van der Waals surface area contributed by atoms with Crippen molar-refractivity contribution in [3.63, 3.8) is 0 Å². The van der Waals surface area contributed by atoms with Crippen molar-refractivity contribution in [1.82, 2.24) is 4.57 Å². The van der Waals surface area contributed by atoms with Crippen LogP contribution in [0.5, 0.6) is 11.5 Å². The van der Waals surface area contributed by atoms with Gasteiger partial charge in [-0.1, -0.05) is 158 Å². The van der Waals surface area contributed by atoms with Crippen molar-refractivity contribution in [2.45, 2.75) is 5.41 Å². The summed E-state index contributed by atoms with van der Waals surface area (Å²) >= 11 is 0. The topological polar surface area (TPSA) is 17.4 Å². The maximum atomic E-state index is 7.07. The number of nitrogens with zero attached hydrogens (tertiary/aromatic N) is 2. The van der Waals surface area contributed by atoms with Crippen LogP contribution < -0.4 is 14.9 Å². The lowest BCUT2D eigenvalue weighted by molar-refractivity contribution is 0.436. The van der Waals surface area contributed by atoms with Crippen LogP contribution in [0.2, 0.25) is 0 Å². The first-order chi connectivity index (χ1) is 32.1. The van der Waals surface area contributed by atoms with Crippen molar-refractivity contribution in [2.24, 2.45) is 0 Å². The van der Waals surface area contributed by atoms with Crippen LogP contribution in [0.25, 0.3) is 60.9 Å². The Morgan fingerprint density at radius 1 is 0.369 bits per heavy atom. The smallest absolute Gasteiger partial charge is 0.132 e. The summed E-state index contributed by atoms with van der Waals surface area (Å²) < 4.78 is 9.45. The number of para-hydroxylation sites is 3. The van der Waals surface area contributed by atoms with Crippen LogP contribution in [0.1, 0.15) is 22.3 Å². The Labute approximate surface area is 380 Å². The molecular weight excluding hydrogens is 808 g/mol. The summed E-state index contributed by atoms with van der Waals surface area (Å²) in [5, 5.41) is 3.58. The molecule has 0 saturated heterocycles. The zero-order valence-electron chi connectivity index (χ0n) is 35.4. The van der Waals surface area contributed by atoms with Gasteiger partial charge in [-0.05, 0) is 129 Å². The molecule has 0 fully saturated rings. The number of fused-ring (bicyclic) bond motifs is 12. The van der Waals surface area contributed by atoms with E-state index in [0.717, 1.165) is 67.4 Å². The molecule has 0 N–H and O–H groups in total. The van der Waals surface area contributed by atoms with Gasteiger partial charge in [0.25, 0.3) is 0 Å². The molecule has 1 aromatic heterocycles. The highest BCUT2D eigenvalue weighted by Crippen LogP contribution is 2.63. The second-order valence-corrected chi connectivity index (χ2v) is 17.7. The summed E-state index contributed by atoms with van der Waals surface area (Å²) in [4.78, 5) is 2.42. The number of anilines is 3. The number of hydrogen-bond donors (Lipinski definition) is 0. The van der Waals surface area contributed by atoms with E-state index in [-0.39, 0.29) is 0 Å². The minimum atomic E-state index is -0.683. The molecule has 11 aromatic rings. The van der Waals surface area contributed by atoms with Gasteiger partial charge >= 0.3 is 0 Å². The molecule has 1 aliphatic carbocycles. The summed E-state index contributed by atoms with van der Waals surface area (Å²) in [6.45, 7) is 0. The molecule has 65 heavy (non-hydrogen) atoms. The Kier molecular flexibility index (Phi) is 8.56. The van der Waals surface area contributed by atoms with E-state index >= 15 is 0 Å². The zero-order valence-corrected chi connectivity index (χ0v) is 36.6. The highest BCUT2D eigenvalue weighted by atomic mass is 31.0. The minimum Gasteiger partial charge on any atom is -0.457 e. The molecule has 1 aliphatic heterocycles. The maximum Gasteiger partial charge on any atom is 0.132 e. The van der Waals surface area contributed by atoms with E-state index in [1.165, 1.54) is 49.6 Å². The monoisotopic (exact) mass is 848 g/mol. The summed E-state index contributed by atoms with van der Waals surface area (Å²) in [6.07, 6.45) is 0. The van der Waals surface area contributed by atoms with Crippen molar-refractivity contribution in [3.05, 3.63) is 259 Å². The van der Waals surface area contributed by atoms with E-state index in [1.54, 1.807) is 0 Å². The summed E-state index contributed by atoms with van der Waals surface area (Å²) in [5.74, 6) is 1.73. The average molecular weight is 849 g/mol. The Balaban J connectivity index is 1.08. The largest absolute Gasteiger partial charge is 0.457 e. The lowest BCUT2D eigenvalue weighted by atomic mass is 9.65. The molecule has 13 rings (SSSR count). The van der Waals surface area contributed by atoms with Crippen LogP contribution in [0, 0.1) is 0 Å². The second-order valence-electron chi connectivity index (χ2n) is 17.1. The maximum absolute atomic E-state index is 7.07. The molecular formula is C61H41N2OP. The predicted octanol–water partition coefficient (Wildman–Crippen LogP) is 15.6. The van der Waals surface area contributed by atoms with Crippen molar-refractivity contribution < 1.29 is 4.74 Å². The van der Waals surface area contributed by atoms with Gasteiger partial charge in [-0.15, -0.1) is 9.24 Å². The molecule has 0 saturated carbocycles. The number of benzene rings is 10. The van der Waals surface area contributed by atoms with Gasteiger partial charge < -0.3 is 14.2 Å².